The van der Waals surface area contributed by atoms with E-state index in [1.807, 2.05) is 28.5 Å². The summed E-state index contributed by atoms with van der Waals surface area (Å²) in [6.45, 7) is 1.20. The molecule has 28 heavy (non-hydrogen) atoms. The number of carbonyl (C=O) groups excluding carboxylic acids is 1. The van der Waals surface area contributed by atoms with Crippen molar-refractivity contribution in [1.29, 1.82) is 0 Å². The molecule has 0 N–H and O–H groups in total. The maximum absolute atomic E-state index is 13.1. The van der Waals surface area contributed by atoms with Crippen molar-refractivity contribution in [2.45, 2.75) is 18.9 Å². The molecule has 1 aliphatic rings. The summed E-state index contributed by atoms with van der Waals surface area (Å²) in [5, 5.41) is 6.49. The molecule has 0 bridgehead atoms. The Kier molecular flexibility index (Phi) is 5.25. The molecule has 1 atom stereocenters. The van der Waals surface area contributed by atoms with Gasteiger partial charge in [-0.15, -0.1) is 11.3 Å². The van der Waals surface area contributed by atoms with Gasteiger partial charge in [0, 0.05) is 25.9 Å². The van der Waals surface area contributed by atoms with E-state index in [9.17, 15) is 4.79 Å². The third kappa shape index (κ3) is 3.84. The van der Waals surface area contributed by atoms with Gasteiger partial charge in [-0.05, 0) is 30.4 Å². The molecular weight excluding hydrogens is 378 g/mol. The van der Waals surface area contributed by atoms with Crippen LogP contribution in [0.15, 0.2) is 35.8 Å². The van der Waals surface area contributed by atoms with Gasteiger partial charge in [0.2, 0.25) is 5.88 Å². The Balaban J connectivity index is 1.46. The monoisotopic (exact) mass is 399 g/mol. The van der Waals surface area contributed by atoms with E-state index in [1.165, 1.54) is 7.11 Å². The number of aryl methyl sites for hydroxylation is 1. The first-order valence-corrected chi connectivity index (χ1v) is 9.93. The molecule has 146 valence electrons. The van der Waals surface area contributed by atoms with Crippen LogP contribution in [0.5, 0.6) is 11.9 Å². The third-order valence-electron chi connectivity index (χ3n) is 4.62. The summed E-state index contributed by atoms with van der Waals surface area (Å²) in [7, 11) is 3.31. The molecule has 4 heterocycles. The maximum Gasteiger partial charge on any atom is 0.319 e. The van der Waals surface area contributed by atoms with Crippen LogP contribution in [0, 0.1) is 0 Å². The molecule has 0 aliphatic carbocycles. The Morgan fingerprint density at radius 2 is 2.25 bits per heavy atom. The molecule has 1 amide bonds. The summed E-state index contributed by atoms with van der Waals surface area (Å²) in [5.41, 5.74) is 1.39. The van der Waals surface area contributed by atoms with Crippen LogP contribution in [0.4, 0.5) is 0 Å². The van der Waals surface area contributed by atoms with Crippen molar-refractivity contribution in [1.82, 2.24) is 24.6 Å². The number of nitrogens with zero attached hydrogens (tertiary/aromatic N) is 5. The van der Waals surface area contributed by atoms with E-state index in [4.69, 9.17) is 9.47 Å². The van der Waals surface area contributed by atoms with Gasteiger partial charge in [0.25, 0.3) is 5.91 Å². The number of ether oxygens (including phenoxy) is 2. The van der Waals surface area contributed by atoms with Gasteiger partial charge in [-0.2, -0.15) is 10.1 Å². The molecule has 0 spiro atoms. The van der Waals surface area contributed by atoms with Crippen molar-refractivity contribution in [2.75, 3.05) is 20.2 Å². The summed E-state index contributed by atoms with van der Waals surface area (Å²) in [5.74, 6) is 0.415. The minimum atomic E-state index is -0.123. The largest absolute Gasteiger partial charge is 0.472 e. The molecule has 3 aromatic heterocycles. The van der Waals surface area contributed by atoms with Crippen molar-refractivity contribution in [3.05, 3.63) is 41.5 Å². The topological polar surface area (TPSA) is 82.4 Å². The van der Waals surface area contributed by atoms with Crippen LogP contribution in [-0.4, -0.2) is 56.9 Å². The highest BCUT2D eigenvalue weighted by molar-refractivity contribution is 7.13. The van der Waals surface area contributed by atoms with Gasteiger partial charge in [-0.3, -0.25) is 9.48 Å². The zero-order valence-corrected chi connectivity index (χ0v) is 16.6. The standard InChI is InChI=1S/C19H21N5O3S/c1-23-15(11-14(22-23)16-6-4-10-28-16)18(25)24-9-3-5-13(12-24)27-17-7-8-20-19(21-17)26-2/h4,6-8,10-11,13H,3,5,9,12H2,1-2H3. The number of carbonyl (C=O) groups is 1. The van der Waals surface area contributed by atoms with Gasteiger partial charge >= 0.3 is 6.01 Å². The summed E-state index contributed by atoms with van der Waals surface area (Å²) in [6.07, 6.45) is 3.20. The van der Waals surface area contributed by atoms with Crippen LogP contribution in [0.25, 0.3) is 10.6 Å². The molecule has 4 rings (SSSR count). The summed E-state index contributed by atoms with van der Waals surface area (Å²) in [4.78, 5) is 24.1. The summed E-state index contributed by atoms with van der Waals surface area (Å²) >= 11 is 1.61. The lowest BCUT2D eigenvalue weighted by Gasteiger charge is -2.32. The van der Waals surface area contributed by atoms with Crippen LogP contribution >= 0.6 is 11.3 Å². The zero-order chi connectivity index (χ0) is 19.5. The van der Waals surface area contributed by atoms with E-state index < -0.39 is 0 Å². The van der Waals surface area contributed by atoms with E-state index in [1.54, 1.807) is 35.3 Å². The number of amides is 1. The molecule has 0 aromatic carbocycles. The Morgan fingerprint density at radius 3 is 3.04 bits per heavy atom. The Morgan fingerprint density at radius 1 is 1.36 bits per heavy atom. The first kappa shape index (κ1) is 18.4. The highest BCUT2D eigenvalue weighted by Crippen LogP contribution is 2.25. The fraction of sp³-hybridized carbons (Fsp3) is 0.368. The number of methoxy groups -OCH3 is 1. The number of aromatic nitrogens is 4. The van der Waals surface area contributed by atoms with Crippen LogP contribution < -0.4 is 9.47 Å². The van der Waals surface area contributed by atoms with Gasteiger partial charge < -0.3 is 14.4 Å². The second kappa shape index (κ2) is 7.97. The van der Waals surface area contributed by atoms with Crippen LogP contribution in [0.3, 0.4) is 0 Å². The van der Waals surface area contributed by atoms with Crippen LogP contribution in [0.1, 0.15) is 23.3 Å². The second-order valence-corrected chi connectivity index (χ2v) is 7.48. The van der Waals surface area contributed by atoms with E-state index >= 15 is 0 Å². The Labute approximate surface area is 166 Å². The molecule has 0 saturated carbocycles. The van der Waals surface area contributed by atoms with Gasteiger partial charge in [0.1, 0.15) is 17.5 Å². The SMILES string of the molecule is COc1nccc(OC2CCCN(C(=O)c3cc(-c4cccs4)nn3C)C2)n1. The lowest BCUT2D eigenvalue weighted by molar-refractivity contribution is 0.0516. The fourth-order valence-electron chi connectivity index (χ4n) is 3.25. The van der Waals surface area contributed by atoms with Crippen molar-refractivity contribution < 1.29 is 14.3 Å². The quantitative estimate of drug-likeness (QED) is 0.656. The number of likely N-dealkylation sites (tertiary alicyclic amines) is 1. The van der Waals surface area contributed by atoms with Crippen LogP contribution in [0.2, 0.25) is 0 Å². The van der Waals surface area contributed by atoms with E-state index in [0.717, 1.165) is 23.4 Å². The molecule has 0 radical (unpaired) electrons. The van der Waals surface area contributed by atoms with Crippen molar-refractivity contribution in [3.63, 3.8) is 0 Å². The van der Waals surface area contributed by atoms with E-state index in [-0.39, 0.29) is 18.0 Å². The smallest absolute Gasteiger partial charge is 0.319 e. The zero-order valence-electron chi connectivity index (χ0n) is 15.7. The highest BCUT2D eigenvalue weighted by Gasteiger charge is 2.28. The fourth-order valence-corrected chi connectivity index (χ4v) is 3.93. The first-order chi connectivity index (χ1) is 13.6. The van der Waals surface area contributed by atoms with Gasteiger partial charge in [0.15, 0.2) is 0 Å². The molecule has 1 unspecified atom stereocenters. The highest BCUT2D eigenvalue weighted by atomic mass is 32.1. The Bertz CT molecular complexity index is 956. The molecule has 1 aliphatic heterocycles. The van der Waals surface area contributed by atoms with Crippen molar-refractivity contribution >= 4 is 17.2 Å². The number of piperidine rings is 1. The minimum absolute atomic E-state index is 0.0358. The molecule has 3 aromatic rings. The van der Waals surface area contributed by atoms with Crippen molar-refractivity contribution in [3.8, 4) is 22.5 Å². The van der Waals surface area contributed by atoms with Gasteiger partial charge in [-0.25, -0.2) is 4.98 Å². The maximum atomic E-state index is 13.1. The van der Waals surface area contributed by atoms with E-state index in [2.05, 4.69) is 15.1 Å². The number of hydrogen-bond donors (Lipinski definition) is 0. The average Bonchev–Trinajstić information content (AvgIpc) is 3.37. The predicted octanol–water partition coefficient (Wildman–Crippen LogP) is 2.63. The molecule has 1 fully saturated rings. The molecular formula is C19H21N5O3S. The van der Waals surface area contributed by atoms with Crippen molar-refractivity contribution in [2.24, 2.45) is 7.05 Å². The minimum Gasteiger partial charge on any atom is -0.472 e. The lowest BCUT2D eigenvalue weighted by Crippen LogP contribution is -2.45. The summed E-state index contributed by atoms with van der Waals surface area (Å²) in [6, 6.07) is 7.79. The summed E-state index contributed by atoms with van der Waals surface area (Å²) < 4.78 is 12.6. The average molecular weight is 399 g/mol. The second-order valence-electron chi connectivity index (χ2n) is 6.53. The third-order valence-corrected chi connectivity index (χ3v) is 5.51. The van der Waals surface area contributed by atoms with Gasteiger partial charge in [-0.1, -0.05) is 6.07 Å². The predicted molar refractivity (Wildman–Crippen MR) is 105 cm³/mol. The molecule has 9 heteroatoms. The number of hydrogen-bond acceptors (Lipinski definition) is 7. The molecule has 1 saturated heterocycles. The Hall–Kier alpha value is -2.94. The number of rotatable bonds is 5. The van der Waals surface area contributed by atoms with Gasteiger partial charge in [0.05, 0.1) is 18.5 Å². The normalized spacial score (nSPS) is 16.8. The molecule has 8 nitrogen and oxygen atoms in total. The number of thiophene rings is 1. The van der Waals surface area contributed by atoms with Crippen LogP contribution in [-0.2, 0) is 7.05 Å². The first-order valence-electron chi connectivity index (χ1n) is 9.05. The lowest BCUT2D eigenvalue weighted by atomic mass is 10.1. The van der Waals surface area contributed by atoms with E-state index in [0.29, 0.717) is 24.7 Å².